The first-order valence-electron chi connectivity index (χ1n) is 8.86. The molecule has 3 atom stereocenters. The van der Waals surface area contributed by atoms with Gasteiger partial charge >= 0.3 is 0 Å². The highest BCUT2D eigenvalue weighted by Crippen LogP contribution is 2.36. The van der Waals surface area contributed by atoms with Crippen LogP contribution in [0.1, 0.15) is 45.4 Å². The molecule has 0 aromatic heterocycles. The van der Waals surface area contributed by atoms with E-state index in [4.69, 9.17) is 0 Å². The standard InChI is InChI=1S/C19H28N2O/c1-2-11-20-12-10-15-13-18(15)21-19(22)17-9-5-7-14-6-3-4-8-16(14)17/h4-5,7-8,15,17-18,20H,2-3,6,9-13H2,1H3,(H,21,22). The number of carbonyl (C=O) groups excluding carboxylic acids is 1. The molecule has 3 unspecified atom stereocenters. The van der Waals surface area contributed by atoms with Gasteiger partial charge < -0.3 is 10.6 Å². The minimum atomic E-state index is 0.0380. The molecule has 3 rings (SSSR count). The van der Waals surface area contributed by atoms with Crippen molar-refractivity contribution >= 4 is 5.91 Å². The molecule has 0 radical (unpaired) electrons. The molecule has 0 aromatic carbocycles. The topological polar surface area (TPSA) is 41.1 Å². The molecule has 0 aliphatic heterocycles. The molecule has 0 aromatic rings. The maximum atomic E-state index is 12.6. The minimum Gasteiger partial charge on any atom is -0.353 e. The van der Waals surface area contributed by atoms with Crippen molar-refractivity contribution in [3.05, 3.63) is 35.5 Å². The van der Waals surface area contributed by atoms with E-state index in [1.807, 2.05) is 0 Å². The Balaban J connectivity index is 1.46. The Morgan fingerprint density at radius 3 is 3.05 bits per heavy atom. The smallest absolute Gasteiger partial charge is 0.228 e. The van der Waals surface area contributed by atoms with Crippen molar-refractivity contribution in [3.63, 3.8) is 0 Å². The molecule has 22 heavy (non-hydrogen) atoms. The van der Waals surface area contributed by atoms with Gasteiger partial charge in [-0.2, -0.15) is 0 Å². The summed E-state index contributed by atoms with van der Waals surface area (Å²) >= 11 is 0. The van der Waals surface area contributed by atoms with Crippen LogP contribution in [0.25, 0.3) is 0 Å². The van der Waals surface area contributed by atoms with Crippen LogP contribution < -0.4 is 10.6 Å². The van der Waals surface area contributed by atoms with Crippen molar-refractivity contribution in [2.75, 3.05) is 13.1 Å². The van der Waals surface area contributed by atoms with Crippen LogP contribution in [0.5, 0.6) is 0 Å². The van der Waals surface area contributed by atoms with Crippen LogP contribution in [0.2, 0.25) is 0 Å². The molecule has 0 heterocycles. The highest BCUT2D eigenvalue weighted by molar-refractivity contribution is 5.84. The van der Waals surface area contributed by atoms with Gasteiger partial charge in [0.1, 0.15) is 0 Å². The molecule has 0 saturated heterocycles. The normalized spacial score (nSPS) is 29.4. The summed E-state index contributed by atoms with van der Waals surface area (Å²) in [7, 11) is 0. The van der Waals surface area contributed by atoms with Crippen LogP contribution in [0, 0.1) is 11.8 Å². The van der Waals surface area contributed by atoms with E-state index >= 15 is 0 Å². The highest BCUT2D eigenvalue weighted by Gasteiger charge is 2.39. The van der Waals surface area contributed by atoms with E-state index in [2.05, 4.69) is 41.9 Å². The van der Waals surface area contributed by atoms with E-state index in [1.54, 1.807) is 0 Å². The molecule has 3 heteroatoms. The van der Waals surface area contributed by atoms with E-state index in [-0.39, 0.29) is 11.8 Å². The highest BCUT2D eigenvalue weighted by atomic mass is 16.2. The minimum absolute atomic E-state index is 0.0380. The number of amides is 1. The van der Waals surface area contributed by atoms with Crippen molar-refractivity contribution in [2.24, 2.45) is 11.8 Å². The van der Waals surface area contributed by atoms with E-state index in [0.29, 0.717) is 12.0 Å². The zero-order valence-corrected chi connectivity index (χ0v) is 13.6. The van der Waals surface area contributed by atoms with E-state index in [9.17, 15) is 4.79 Å². The van der Waals surface area contributed by atoms with Gasteiger partial charge in [-0.25, -0.2) is 0 Å². The monoisotopic (exact) mass is 300 g/mol. The lowest BCUT2D eigenvalue weighted by atomic mass is 9.82. The number of rotatable bonds is 7. The third-order valence-corrected chi connectivity index (χ3v) is 5.00. The van der Waals surface area contributed by atoms with Gasteiger partial charge in [0.05, 0.1) is 5.92 Å². The van der Waals surface area contributed by atoms with Crippen LogP contribution >= 0.6 is 0 Å². The van der Waals surface area contributed by atoms with E-state index in [0.717, 1.165) is 38.8 Å². The summed E-state index contributed by atoms with van der Waals surface area (Å²) < 4.78 is 0. The average molecular weight is 300 g/mol. The van der Waals surface area contributed by atoms with Gasteiger partial charge in [0.15, 0.2) is 0 Å². The number of hydrogen-bond donors (Lipinski definition) is 2. The number of hydrogen-bond acceptors (Lipinski definition) is 2. The summed E-state index contributed by atoms with van der Waals surface area (Å²) in [6.07, 6.45) is 15.3. The van der Waals surface area contributed by atoms with Crippen LogP contribution in [-0.4, -0.2) is 25.0 Å². The maximum absolute atomic E-state index is 12.6. The molecule has 3 nitrogen and oxygen atoms in total. The molecule has 2 N–H and O–H groups in total. The van der Waals surface area contributed by atoms with Gasteiger partial charge in [-0.1, -0.05) is 31.2 Å². The number of carbonyl (C=O) groups is 1. The predicted octanol–water partition coefficient (Wildman–Crippen LogP) is 3.10. The van der Waals surface area contributed by atoms with Gasteiger partial charge in [-0.15, -0.1) is 0 Å². The third-order valence-electron chi connectivity index (χ3n) is 5.00. The molecule has 1 saturated carbocycles. The van der Waals surface area contributed by atoms with Gasteiger partial charge in [0.2, 0.25) is 5.91 Å². The lowest BCUT2D eigenvalue weighted by Crippen LogP contribution is -2.35. The van der Waals surface area contributed by atoms with Crippen LogP contribution in [0.4, 0.5) is 0 Å². The fourth-order valence-electron chi connectivity index (χ4n) is 3.56. The summed E-state index contributed by atoms with van der Waals surface area (Å²) in [5.74, 6) is 0.955. The largest absolute Gasteiger partial charge is 0.353 e. The first-order chi connectivity index (χ1) is 10.8. The first-order valence-corrected chi connectivity index (χ1v) is 8.86. The summed E-state index contributed by atoms with van der Waals surface area (Å²) in [5, 5.41) is 6.72. The zero-order chi connectivity index (χ0) is 15.4. The van der Waals surface area contributed by atoms with Crippen molar-refractivity contribution in [1.82, 2.24) is 10.6 Å². The summed E-state index contributed by atoms with van der Waals surface area (Å²) in [5.41, 5.74) is 2.62. The Morgan fingerprint density at radius 2 is 2.18 bits per heavy atom. The van der Waals surface area contributed by atoms with Crippen LogP contribution in [0.15, 0.2) is 35.5 Å². The molecule has 120 valence electrons. The quantitative estimate of drug-likeness (QED) is 0.709. The van der Waals surface area contributed by atoms with E-state index < -0.39 is 0 Å². The maximum Gasteiger partial charge on any atom is 0.228 e. The second-order valence-corrected chi connectivity index (χ2v) is 6.76. The van der Waals surface area contributed by atoms with Gasteiger partial charge in [-0.3, -0.25) is 4.79 Å². The second-order valence-electron chi connectivity index (χ2n) is 6.76. The Morgan fingerprint density at radius 1 is 1.27 bits per heavy atom. The van der Waals surface area contributed by atoms with Crippen molar-refractivity contribution in [1.29, 1.82) is 0 Å². The Labute approximate surface area is 133 Å². The summed E-state index contributed by atoms with van der Waals surface area (Å²) in [6.45, 7) is 4.37. The number of nitrogens with one attached hydrogen (secondary N) is 2. The van der Waals surface area contributed by atoms with Crippen LogP contribution in [-0.2, 0) is 4.79 Å². The SMILES string of the molecule is CCCNCCC1CC1NC(=O)C1CC=CC2=C1C=CCC2. The van der Waals surface area contributed by atoms with Crippen molar-refractivity contribution in [3.8, 4) is 0 Å². The molecular formula is C19H28N2O. The van der Waals surface area contributed by atoms with Crippen molar-refractivity contribution in [2.45, 2.75) is 51.5 Å². The summed E-state index contributed by atoms with van der Waals surface area (Å²) in [6, 6.07) is 0.415. The van der Waals surface area contributed by atoms with Gasteiger partial charge in [0, 0.05) is 6.04 Å². The van der Waals surface area contributed by atoms with Crippen molar-refractivity contribution < 1.29 is 4.79 Å². The molecule has 0 spiro atoms. The predicted molar refractivity (Wildman–Crippen MR) is 90.5 cm³/mol. The van der Waals surface area contributed by atoms with Crippen LogP contribution in [0.3, 0.4) is 0 Å². The Kier molecular flexibility index (Phi) is 5.14. The van der Waals surface area contributed by atoms with Gasteiger partial charge in [-0.05, 0) is 68.7 Å². The lowest BCUT2D eigenvalue weighted by molar-refractivity contribution is -0.124. The molecule has 0 bridgehead atoms. The third kappa shape index (κ3) is 3.70. The fraction of sp³-hybridized carbons (Fsp3) is 0.632. The number of allylic oxidation sites excluding steroid dienone is 5. The first kappa shape index (κ1) is 15.5. The second kappa shape index (κ2) is 7.28. The average Bonchev–Trinajstić information content (AvgIpc) is 3.29. The Bertz CT molecular complexity index is 504. The zero-order valence-electron chi connectivity index (χ0n) is 13.6. The van der Waals surface area contributed by atoms with Gasteiger partial charge in [0.25, 0.3) is 0 Å². The molecule has 1 fully saturated rings. The lowest BCUT2D eigenvalue weighted by Gasteiger charge is -2.25. The molecule has 3 aliphatic rings. The molecule has 1 amide bonds. The van der Waals surface area contributed by atoms with E-state index in [1.165, 1.54) is 24.0 Å². The Hall–Kier alpha value is -1.35. The fourth-order valence-corrected chi connectivity index (χ4v) is 3.56. The summed E-state index contributed by atoms with van der Waals surface area (Å²) in [4.78, 5) is 12.6. The molecular weight excluding hydrogens is 272 g/mol. The molecule has 3 aliphatic carbocycles.